The van der Waals surface area contributed by atoms with Gasteiger partial charge in [-0.05, 0) is 48.7 Å². The SMILES string of the molecule is CN(C1CC1)S(=O)(=O)c1ccc(NC(=O)NCc2ccccc2Cl)cc1. The lowest BCUT2D eigenvalue weighted by Gasteiger charge is -2.16. The summed E-state index contributed by atoms with van der Waals surface area (Å²) in [4.78, 5) is 12.2. The molecule has 1 fully saturated rings. The molecule has 0 aromatic heterocycles. The van der Waals surface area contributed by atoms with Crippen LogP contribution in [0.5, 0.6) is 0 Å². The fourth-order valence-electron chi connectivity index (χ4n) is 2.50. The summed E-state index contributed by atoms with van der Waals surface area (Å²) in [6.45, 7) is 0.296. The van der Waals surface area contributed by atoms with Crippen LogP contribution in [0.25, 0.3) is 0 Å². The summed E-state index contributed by atoms with van der Waals surface area (Å²) in [5.74, 6) is 0. The van der Waals surface area contributed by atoms with Crippen molar-refractivity contribution in [2.45, 2.75) is 30.3 Å². The van der Waals surface area contributed by atoms with Gasteiger partial charge in [0.1, 0.15) is 0 Å². The van der Waals surface area contributed by atoms with Crippen molar-refractivity contribution in [3.8, 4) is 0 Å². The molecule has 6 nitrogen and oxygen atoms in total. The summed E-state index contributed by atoms with van der Waals surface area (Å²) in [6.07, 6.45) is 1.81. The van der Waals surface area contributed by atoms with Gasteiger partial charge in [0.2, 0.25) is 10.0 Å². The Labute approximate surface area is 158 Å². The van der Waals surface area contributed by atoms with Crippen LogP contribution >= 0.6 is 11.6 Å². The lowest BCUT2D eigenvalue weighted by atomic mass is 10.2. The third kappa shape index (κ3) is 4.35. The number of rotatable bonds is 6. The molecule has 3 rings (SSSR count). The van der Waals surface area contributed by atoms with E-state index < -0.39 is 16.1 Å². The van der Waals surface area contributed by atoms with E-state index >= 15 is 0 Å². The lowest BCUT2D eigenvalue weighted by molar-refractivity contribution is 0.251. The third-order valence-electron chi connectivity index (χ3n) is 4.25. The first-order valence-corrected chi connectivity index (χ1v) is 10.1. The molecular weight excluding hydrogens is 374 g/mol. The molecule has 1 saturated carbocycles. The second kappa shape index (κ2) is 7.65. The Morgan fingerprint density at radius 3 is 2.42 bits per heavy atom. The number of sulfonamides is 1. The van der Waals surface area contributed by atoms with E-state index in [1.54, 1.807) is 25.2 Å². The molecule has 0 radical (unpaired) electrons. The highest BCUT2D eigenvalue weighted by Gasteiger charge is 2.34. The number of carbonyl (C=O) groups is 1. The van der Waals surface area contributed by atoms with Crippen molar-refractivity contribution in [1.82, 2.24) is 9.62 Å². The number of hydrogen-bond donors (Lipinski definition) is 2. The fraction of sp³-hybridized carbons (Fsp3) is 0.278. The van der Waals surface area contributed by atoms with Crippen molar-refractivity contribution in [1.29, 1.82) is 0 Å². The maximum Gasteiger partial charge on any atom is 0.319 e. The standard InChI is InChI=1S/C18H20ClN3O3S/c1-22(15-8-9-15)26(24,25)16-10-6-14(7-11-16)21-18(23)20-12-13-4-2-3-5-17(13)19/h2-7,10-11,15H,8-9,12H2,1H3,(H2,20,21,23). The monoisotopic (exact) mass is 393 g/mol. The van der Waals surface area contributed by atoms with Crippen LogP contribution in [0.1, 0.15) is 18.4 Å². The molecule has 2 aromatic rings. The van der Waals surface area contributed by atoms with Crippen molar-refractivity contribution < 1.29 is 13.2 Å². The highest BCUT2D eigenvalue weighted by Crippen LogP contribution is 2.30. The zero-order chi connectivity index (χ0) is 18.7. The van der Waals surface area contributed by atoms with Crippen LogP contribution in [-0.2, 0) is 16.6 Å². The molecule has 0 unspecified atom stereocenters. The number of carbonyl (C=O) groups excluding carboxylic acids is 1. The second-order valence-corrected chi connectivity index (χ2v) is 8.58. The number of hydrogen-bond acceptors (Lipinski definition) is 3. The molecule has 2 aromatic carbocycles. The van der Waals surface area contributed by atoms with Crippen molar-refractivity contribution in [3.63, 3.8) is 0 Å². The summed E-state index contributed by atoms with van der Waals surface area (Å²) in [7, 11) is -1.88. The zero-order valence-electron chi connectivity index (χ0n) is 14.3. The quantitative estimate of drug-likeness (QED) is 0.789. The average Bonchev–Trinajstić information content (AvgIpc) is 3.46. The number of nitrogens with one attached hydrogen (secondary N) is 2. The Bertz CT molecular complexity index is 896. The van der Waals surface area contributed by atoms with Gasteiger partial charge in [0.05, 0.1) is 4.90 Å². The number of urea groups is 1. The van der Waals surface area contributed by atoms with Crippen molar-refractivity contribution in [2.24, 2.45) is 0 Å². The van der Waals surface area contributed by atoms with Crippen LogP contribution in [0.15, 0.2) is 53.4 Å². The largest absolute Gasteiger partial charge is 0.334 e. The summed E-state index contributed by atoms with van der Waals surface area (Å²) in [5.41, 5.74) is 1.32. The molecule has 2 N–H and O–H groups in total. The van der Waals surface area contributed by atoms with E-state index in [2.05, 4.69) is 10.6 Å². The van der Waals surface area contributed by atoms with Crippen molar-refractivity contribution in [3.05, 3.63) is 59.1 Å². The van der Waals surface area contributed by atoms with Gasteiger partial charge in [-0.2, -0.15) is 4.31 Å². The first kappa shape index (κ1) is 18.7. The van der Waals surface area contributed by atoms with Gasteiger partial charge in [-0.15, -0.1) is 0 Å². The Balaban J connectivity index is 1.58. The average molecular weight is 394 g/mol. The zero-order valence-corrected chi connectivity index (χ0v) is 15.8. The minimum Gasteiger partial charge on any atom is -0.334 e. The van der Waals surface area contributed by atoms with Gasteiger partial charge in [-0.3, -0.25) is 0 Å². The van der Waals surface area contributed by atoms with Crippen LogP contribution in [0.3, 0.4) is 0 Å². The first-order valence-electron chi connectivity index (χ1n) is 8.24. The molecule has 0 aliphatic heterocycles. The molecule has 0 spiro atoms. The Hall–Kier alpha value is -2.09. The third-order valence-corrected chi connectivity index (χ3v) is 6.54. The summed E-state index contributed by atoms with van der Waals surface area (Å²) < 4.78 is 26.3. The van der Waals surface area contributed by atoms with E-state index in [0.29, 0.717) is 17.3 Å². The van der Waals surface area contributed by atoms with Crippen LogP contribution in [0, 0.1) is 0 Å². The molecule has 0 heterocycles. The normalized spacial score (nSPS) is 14.3. The predicted octanol–water partition coefficient (Wildman–Crippen LogP) is 3.44. The van der Waals surface area contributed by atoms with Gasteiger partial charge in [0.25, 0.3) is 0 Å². The van der Waals surface area contributed by atoms with Gasteiger partial charge in [0, 0.05) is 30.3 Å². The number of benzene rings is 2. The van der Waals surface area contributed by atoms with Crippen LogP contribution in [0.2, 0.25) is 5.02 Å². The molecule has 26 heavy (non-hydrogen) atoms. The van der Waals surface area contributed by atoms with E-state index in [9.17, 15) is 13.2 Å². The fourth-order valence-corrected chi connectivity index (χ4v) is 4.12. The Morgan fingerprint density at radius 1 is 1.15 bits per heavy atom. The molecule has 138 valence electrons. The second-order valence-electron chi connectivity index (χ2n) is 6.18. The molecule has 0 bridgehead atoms. The Kier molecular flexibility index (Phi) is 5.50. The number of amides is 2. The first-order chi connectivity index (χ1) is 12.4. The van der Waals surface area contributed by atoms with Crippen molar-refractivity contribution in [2.75, 3.05) is 12.4 Å². The topological polar surface area (TPSA) is 78.5 Å². The van der Waals surface area contributed by atoms with Crippen molar-refractivity contribution >= 4 is 33.3 Å². The van der Waals surface area contributed by atoms with Gasteiger partial charge >= 0.3 is 6.03 Å². The van der Waals surface area contributed by atoms with E-state index in [4.69, 9.17) is 11.6 Å². The molecule has 8 heteroatoms. The van der Waals surface area contributed by atoms with Gasteiger partial charge in [0.15, 0.2) is 0 Å². The minimum atomic E-state index is -3.48. The lowest BCUT2D eigenvalue weighted by Crippen LogP contribution is -2.29. The highest BCUT2D eigenvalue weighted by atomic mass is 35.5. The molecule has 1 aliphatic rings. The maximum absolute atomic E-state index is 12.5. The molecule has 1 aliphatic carbocycles. The van der Waals surface area contributed by atoms with Gasteiger partial charge in [-0.25, -0.2) is 13.2 Å². The smallest absolute Gasteiger partial charge is 0.319 e. The van der Waals surface area contributed by atoms with Crippen LogP contribution < -0.4 is 10.6 Å². The van der Waals surface area contributed by atoms with Crippen LogP contribution in [-0.4, -0.2) is 31.8 Å². The number of nitrogens with zero attached hydrogens (tertiary/aromatic N) is 1. The highest BCUT2D eigenvalue weighted by molar-refractivity contribution is 7.89. The predicted molar refractivity (Wildman–Crippen MR) is 102 cm³/mol. The molecule has 2 amide bonds. The van der Waals surface area contributed by atoms with Gasteiger partial charge in [-0.1, -0.05) is 29.8 Å². The van der Waals surface area contributed by atoms with Gasteiger partial charge < -0.3 is 10.6 Å². The number of anilines is 1. The summed E-state index contributed by atoms with van der Waals surface area (Å²) in [6, 6.07) is 13.1. The summed E-state index contributed by atoms with van der Waals surface area (Å²) in [5, 5.41) is 5.97. The minimum absolute atomic E-state index is 0.105. The van der Waals surface area contributed by atoms with E-state index in [-0.39, 0.29) is 10.9 Å². The summed E-state index contributed by atoms with van der Waals surface area (Å²) >= 11 is 6.05. The Morgan fingerprint density at radius 2 is 1.81 bits per heavy atom. The van der Waals surface area contributed by atoms with E-state index in [1.165, 1.54) is 16.4 Å². The van der Waals surface area contributed by atoms with E-state index in [0.717, 1.165) is 18.4 Å². The van der Waals surface area contributed by atoms with E-state index in [1.807, 2.05) is 18.2 Å². The van der Waals surface area contributed by atoms with Crippen LogP contribution in [0.4, 0.5) is 10.5 Å². The molecule has 0 saturated heterocycles. The maximum atomic E-state index is 12.5. The number of halogens is 1. The molecule has 0 atom stereocenters. The molecular formula is C18H20ClN3O3S.